The molecule has 0 bridgehead atoms. The molecule has 1 heterocycles. The van der Waals surface area contributed by atoms with Gasteiger partial charge in [0.15, 0.2) is 11.5 Å². The standard InChI is InChI=1S/C25H19NO3/c1-29-21-7-6-13-9-20-22-15(8-16(27)11-19(22)23(13)25(21)28)10-18-17-5-3-2-4-14(17)12-26-24(18)20/h2-7,9-10,12,16,27-28H,8,11H2,1H3. The summed E-state index contributed by atoms with van der Waals surface area (Å²) in [5.74, 6) is 0.577. The van der Waals surface area contributed by atoms with Gasteiger partial charge >= 0.3 is 0 Å². The van der Waals surface area contributed by atoms with E-state index in [1.165, 1.54) is 0 Å². The fourth-order valence-electron chi connectivity index (χ4n) is 4.98. The van der Waals surface area contributed by atoms with Gasteiger partial charge in [-0.05, 0) is 51.9 Å². The molecule has 0 spiro atoms. The molecule has 6 rings (SSSR count). The third-order valence-electron chi connectivity index (χ3n) is 6.19. The molecule has 0 aliphatic heterocycles. The minimum Gasteiger partial charge on any atom is -0.504 e. The minimum atomic E-state index is -0.484. The number of pyridine rings is 1. The molecule has 1 aliphatic rings. The lowest BCUT2D eigenvalue weighted by atomic mass is 9.82. The first-order valence-electron chi connectivity index (χ1n) is 9.78. The van der Waals surface area contributed by atoms with E-state index in [4.69, 9.17) is 9.72 Å². The van der Waals surface area contributed by atoms with Crippen LogP contribution < -0.4 is 4.74 Å². The number of hydrogen-bond donors (Lipinski definition) is 2. The quantitative estimate of drug-likeness (QED) is 0.321. The molecule has 0 radical (unpaired) electrons. The molecule has 29 heavy (non-hydrogen) atoms. The van der Waals surface area contributed by atoms with Crippen molar-refractivity contribution in [3.63, 3.8) is 0 Å². The number of nitrogens with zero attached hydrogens (tertiary/aromatic N) is 1. The van der Waals surface area contributed by atoms with E-state index in [0.717, 1.165) is 54.3 Å². The molecule has 5 aromatic rings. The van der Waals surface area contributed by atoms with Gasteiger partial charge in [0.25, 0.3) is 0 Å². The molecule has 0 saturated heterocycles. The molecular formula is C25H19NO3. The molecule has 4 aromatic carbocycles. The maximum atomic E-state index is 10.9. The van der Waals surface area contributed by atoms with Crippen LogP contribution in [0, 0.1) is 0 Å². The Balaban J connectivity index is 1.87. The number of phenols is 1. The van der Waals surface area contributed by atoms with Crippen LogP contribution in [0.4, 0.5) is 0 Å². The average molecular weight is 381 g/mol. The summed E-state index contributed by atoms with van der Waals surface area (Å²) in [5, 5.41) is 28.7. The molecule has 4 nitrogen and oxygen atoms in total. The van der Waals surface area contributed by atoms with Crippen LogP contribution in [-0.4, -0.2) is 28.4 Å². The first kappa shape index (κ1) is 16.6. The number of ether oxygens (including phenoxy) is 1. The highest BCUT2D eigenvalue weighted by atomic mass is 16.5. The normalized spacial score (nSPS) is 16.1. The Labute approximate surface area is 167 Å². The summed E-state index contributed by atoms with van der Waals surface area (Å²) in [6.07, 6.45) is 2.54. The summed E-state index contributed by atoms with van der Waals surface area (Å²) in [5.41, 5.74) is 3.03. The third kappa shape index (κ3) is 2.21. The number of aromatic hydroxyl groups is 1. The van der Waals surface area contributed by atoms with E-state index in [2.05, 4.69) is 24.3 Å². The summed E-state index contributed by atoms with van der Waals surface area (Å²) < 4.78 is 5.33. The van der Waals surface area contributed by atoms with E-state index in [1.54, 1.807) is 13.2 Å². The maximum Gasteiger partial charge on any atom is 0.165 e. The van der Waals surface area contributed by atoms with Crippen molar-refractivity contribution in [1.82, 2.24) is 4.98 Å². The van der Waals surface area contributed by atoms with Crippen molar-refractivity contribution in [2.75, 3.05) is 7.11 Å². The first-order chi connectivity index (χ1) is 14.2. The smallest absolute Gasteiger partial charge is 0.165 e. The van der Waals surface area contributed by atoms with Crippen LogP contribution in [-0.2, 0) is 12.8 Å². The number of aromatic nitrogens is 1. The lowest BCUT2D eigenvalue weighted by Crippen LogP contribution is -2.19. The fraction of sp³-hybridized carbons (Fsp3) is 0.160. The Bertz CT molecular complexity index is 1470. The number of methoxy groups -OCH3 is 1. The highest BCUT2D eigenvalue weighted by molar-refractivity contribution is 6.20. The van der Waals surface area contributed by atoms with E-state index in [9.17, 15) is 10.2 Å². The van der Waals surface area contributed by atoms with Gasteiger partial charge in [-0.25, -0.2) is 0 Å². The second-order valence-corrected chi connectivity index (χ2v) is 7.83. The van der Waals surface area contributed by atoms with Crippen molar-refractivity contribution < 1.29 is 14.9 Å². The Morgan fingerprint density at radius 2 is 1.79 bits per heavy atom. The Hall–Kier alpha value is -3.37. The number of aliphatic hydroxyl groups excluding tert-OH is 1. The molecule has 0 fully saturated rings. The largest absolute Gasteiger partial charge is 0.504 e. The molecule has 4 heteroatoms. The van der Waals surface area contributed by atoms with Crippen LogP contribution in [0.2, 0.25) is 0 Å². The Morgan fingerprint density at radius 3 is 2.66 bits per heavy atom. The summed E-state index contributed by atoms with van der Waals surface area (Å²) in [4.78, 5) is 4.81. The van der Waals surface area contributed by atoms with Crippen LogP contribution in [0.3, 0.4) is 0 Å². The molecule has 2 N–H and O–H groups in total. The SMILES string of the molecule is COc1ccc2cc3c4c(cc5c6ccccc6cnc35)CC(O)Cc4c2c1O. The van der Waals surface area contributed by atoms with Crippen molar-refractivity contribution in [3.05, 3.63) is 65.9 Å². The molecule has 1 unspecified atom stereocenters. The van der Waals surface area contributed by atoms with Gasteiger partial charge in [-0.2, -0.15) is 0 Å². The van der Waals surface area contributed by atoms with Gasteiger partial charge < -0.3 is 14.9 Å². The molecule has 0 saturated carbocycles. The highest BCUT2D eigenvalue weighted by Gasteiger charge is 2.25. The Morgan fingerprint density at radius 1 is 0.931 bits per heavy atom. The predicted octanol–water partition coefficient (Wildman–Crippen LogP) is 4.87. The van der Waals surface area contributed by atoms with Crippen LogP contribution in [0.1, 0.15) is 11.1 Å². The van der Waals surface area contributed by atoms with E-state index in [1.807, 2.05) is 24.4 Å². The number of phenolic OH excluding ortho intramolecular Hbond substituents is 1. The third-order valence-corrected chi connectivity index (χ3v) is 6.19. The zero-order valence-electron chi connectivity index (χ0n) is 15.9. The highest BCUT2D eigenvalue weighted by Crippen LogP contribution is 2.45. The van der Waals surface area contributed by atoms with E-state index in [0.29, 0.717) is 18.6 Å². The second-order valence-electron chi connectivity index (χ2n) is 7.83. The van der Waals surface area contributed by atoms with Crippen LogP contribution in [0.5, 0.6) is 11.5 Å². The van der Waals surface area contributed by atoms with Gasteiger partial charge in [-0.15, -0.1) is 0 Å². The first-order valence-corrected chi connectivity index (χ1v) is 9.78. The van der Waals surface area contributed by atoms with Gasteiger partial charge in [-0.3, -0.25) is 4.98 Å². The molecule has 1 atom stereocenters. The zero-order valence-corrected chi connectivity index (χ0v) is 15.9. The monoisotopic (exact) mass is 381 g/mol. The van der Waals surface area contributed by atoms with Gasteiger partial charge in [0.1, 0.15) is 0 Å². The zero-order chi connectivity index (χ0) is 19.7. The lowest BCUT2D eigenvalue weighted by molar-refractivity contribution is 0.174. The van der Waals surface area contributed by atoms with Crippen LogP contribution in [0.25, 0.3) is 43.2 Å². The van der Waals surface area contributed by atoms with E-state index < -0.39 is 6.10 Å². The number of rotatable bonds is 1. The van der Waals surface area contributed by atoms with Gasteiger partial charge in [0.2, 0.25) is 0 Å². The van der Waals surface area contributed by atoms with Gasteiger partial charge in [-0.1, -0.05) is 30.3 Å². The lowest BCUT2D eigenvalue weighted by Gasteiger charge is -2.25. The predicted molar refractivity (Wildman–Crippen MR) is 116 cm³/mol. The molecule has 1 aromatic heterocycles. The second kappa shape index (κ2) is 5.82. The topological polar surface area (TPSA) is 62.6 Å². The van der Waals surface area contributed by atoms with Crippen molar-refractivity contribution in [1.29, 1.82) is 0 Å². The van der Waals surface area contributed by atoms with Gasteiger partial charge in [0, 0.05) is 34.2 Å². The summed E-state index contributed by atoms with van der Waals surface area (Å²) in [6, 6.07) is 16.3. The van der Waals surface area contributed by atoms with Gasteiger partial charge in [0.05, 0.1) is 18.7 Å². The number of hydrogen-bond acceptors (Lipinski definition) is 4. The van der Waals surface area contributed by atoms with Crippen LogP contribution in [0.15, 0.2) is 54.7 Å². The summed E-state index contributed by atoms with van der Waals surface area (Å²) in [6.45, 7) is 0. The summed E-state index contributed by atoms with van der Waals surface area (Å²) >= 11 is 0. The summed E-state index contributed by atoms with van der Waals surface area (Å²) in [7, 11) is 1.55. The van der Waals surface area contributed by atoms with Crippen molar-refractivity contribution in [3.8, 4) is 11.5 Å². The number of benzene rings is 4. The van der Waals surface area contributed by atoms with Crippen LogP contribution >= 0.6 is 0 Å². The molecule has 0 amide bonds. The molecular weight excluding hydrogens is 362 g/mol. The van der Waals surface area contributed by atoms with Crippen molar-refractivity contribution in [2.45, 2.75) is 18.9 Å². The maximum absolute atomic E-state index is 10.9. The Kier molecular flexibility index (Phi) is 3.32. The van der Waals surface area contributed by atoms with Crippen molar-refractivity contribution in [2.24, 2.45) is 0 Å². The van der Waals surface area contributed by atoms with Crippen molar-refractivity contribution >= 4 is 43.2 Å². The molecule has 1 aliphatic carbocycles. The molecule has 142 valence electrons. The fourth-order valence-corrected chi connectivity index (χ4v) is 4.98. The number of fused-ring (bicyclic) bond motifs is 6. The van der Waals surface area contributed by atoms with E-state index in [-0.39, 0.29) is 5.75 Å². The average Bonchev–Trinajstić information content (AvgIpc) is 2.73. The minimum absolute atomic E-state index is 0.133. The number of aliphatic hydroxyl groups is 1. The van der Waals surface area contributed by atoms with E-state index >= 15 is 0 Å².